The summed E-state index contributed by atoms with van der Waals surface area (Å²) < 4.78 is 5.64. The number of pyridine rings is 1. The summed E-state index contributed by atoms with van der Waals surface area (Å²) in [6, 6.07) is 12.4. The monoisotopic (exact) mass is 321 g/mol. The van der Waals surface area contributed by atoms with E-state index in [9.17, 15) is 0 Å². The van der Waals surface area contributed by atoms with E-state index in [2.05, 4.69) is 45.2 Å². The van der Waals surface area contributed by atoms with Crippen LogP contribution in [0.25, 0.3) is 10.9 Å². The van der Waals surface area contributed by atoms with E-state index < -0.39 is 0 Å². The first-order chi connectivity index (χ1) is 9.40. The Bertz CT molecular complexity index is 501. The predicted molar refractivity (Wildman–Crippen MR) is 83.9 cm³/mol. The topological polar surface area (TPSA) is 22.1 Å². The van der Waals surface area contributed by atoms with Crippen LogP contribution in [-0.2, 0) is 11.2 Å². The Morgan fingerprint density at radius 3 is 2.74 bits per heavy atom. The number of fused-ring (bicyclic) bond motifs is 1. The zero-order valence-corrected chi connectivity index (χ0v) is 12.7. The van der Waals surface area contributed by atoms with Crippen LogP contribution in [0.5, 0.6) is 0 Å². The Morgan fingerprint density at radius 2 is 1.84 bits per heavy atom. The maximum atomic E-state index is 5.64. The molecule has 0 bridgehead atoms. The fourth-order valence-electron chi connectivity index (χ4n) is 2.00. The molecule has 1 aromatic heterocycles. The highest BCUT2D eigenvalue weighted by Gasteiger charge is 1.98. The molecule has 2 aromatic rings. The normalized spacial score (nSPS) is 11.0. The molecule has 1 aromatic carbocycles. The zero-order valence-electron chi connectivity index (χ0n) is 11.1. The van der Waals surface area contributed by atoms with Crippen LogP contribution < -0.4 is 0 Å². The fraction of sp³-hybridized carbons (Fsp3) is 0.438. The average molecular weight is 322 g/mol. The van der Waals surface area contributed by atoms with Gasteiger partial charge >= 0.3 is 0 Å². The molecule has 0 saturated carbocycles. The van der Waals surface area contributed by atoms with E-state index in [1.165, 1.54) is 18.2 Å². The maximum absolute atomic E-state index is 5.64. The Kier molecular flexibility index (Phi) is 6.31. The number of para-hydroxylation sites is 1. The van der Waals surface area contributed by atoms with Gasteiger partial charge in [-0.15, -0.1) is 0 Å². The minimum absolute atomic E-state index is 0.764. The molecule has 0 aliphatic heterocycles. The molecule has 0 saturated heterocycles. The molecule has 0 unspecified atom stereocenters. The summed E-state index contributed by atoms with van der Waals surface area (Å²) in [7, 11) is 0. The highest BCUT2D eigenvalue weighted by molar-refractivity contribution is 9.09. The summed E-state index contributed by atoms with van der Waals surface area (Å²) >= 11 is 3.43. The van der Waals surface area contributed by atoms with Crippen molar-refractivity contribution in [3.8, 4) is 0 Å². The van der Waals surface area contributed by atoms with Crippen molar-refractivity contribution in [1.82, 2.24) is 4.98 Å². The van der Waals surface area contributed by atoms with Crippen LogP contribution in [0, 0.1) is 0 Å². The van der Waals surface area contributed by atoms with Gasteiger partial charge in [0.05, 0.1) is 12.1 Å². The van der Waals surface area contributed by atoms with E-state index in [4.69, 9.17) is 4.74 Å². The summed E-state index contributed by atoms with van der Waals surface area (Å²) in [4.78, 5) is 4.64. The highest BCUT2D eigenvalue weighted by atomic mass is 79.9. The SMILES string of the molecule is BrCCCCCOCCc1ccc2ccccc2n1. The minimum atomic E-state index is 0.764. The van der Waals surface area contributed by atoms with Gasteiger partial charge < -0.3 is 4.74 Å². The lowest BCUT2D eigenvalue weighted by Crippen LogP contribution is -2.02. The summed E-state index contributed by atoms with van der Waals surface area (Å²) in [5.41, 5.74) is 2.18. The van der Waals surface area contributed by atoms with E-state index in [0.29, 0.717) is 0 Å². The van der Waals surface area contributed by atoms with Crippen LogP contribution in [0.2, 0.25) is 0 Å². The zero-order chi connectivity index (χ0) is 13.3. The molecular formula is C16H20BrNO. The van der Waals surface area contributed by atoms with Gasteiger partial charge in [0.25, 0.3) is 0 Å². The van der Waals surface area contributed by atoms with E-state index in [1.807, 2.05) is 12.1 Å². The lowest BCUT2D eigenvalue weighted by atomic mass is 10.2. The van der Waals surface area contributed by atoms with E-state index >= 15 is 0 Å². The molecule has 0 aliphatic rings. The lowest BCUT2D eigenvalue weighted by molar-refractivity contribution is 0.133. The number of hydrogen-bond acceptors (Lipinski definition) is 2. The number of ether oxygens (including phenoxy) is 1. The summed E-state index contributed by atoms with van der Waals surface area (Å²) in [6.45, 7) is 1.63. The molecule has 3 heteroatoms. The molecule has 0 aliphatic carbocycles. The van der Waals surface area contributed by atoms with Crippen molar-refractivity contribution in [2.45, 2.75) is 25.7 Å². The molecule has 0 amide bonds. The van der Waals surface area contributed by atoms with Gasteiger partial charge in [-0.3, -0.25) is 4.98 Å². The predicted octanol–water partition coefficient (Wildman–Crippen LogP) is 4.36. The second-order valence-electron chi connectivity index (χ2n) is 4.61. The van der Waals surface area contributed by atoms with Crippen molar-refractivity contribution in [2.75, 3.05) is 18.5 Å². The molecule has 2 rings (SSSR count). The van der Waals surface area contributed by atoms with Crippen molar-refractivity contribution >= 4 is 26.8 Å². The van der Waals surface area contributed by atoms with Crippen molar-refractivity contribution in [3.05, 3.63) is 42.1 Å². The van der Waals surface area contributed by atoms with Gasteiger partial charge in [-0.05, 0) is 25.0 Å². The molecule has 19 heavy (non-hydrogen) atoms. The van der Waals surface area contributed by atoms with Crippen molar-refractivity contribution < 1.29 is 4.74 Å². The van der Waals surface area contributed by atoms with E-state index in [1.54, 1.807) is 0 Å². The van der Waals surface area contributed by atoms with E-state index in [0.717, 1.165) is 42.6 Å². The van der Waals surface area contributed by atoms with Crippen LogP contribution in [0.15, 0.2) is 36.4 Å². The number of halogens is 1. The number of alkyl halides is 1. The minimum Gasteiger partial charge on any atom is -0.381 e. The Balaban J connectivity index is 1.72. The highest BCUT2D eigenvalue weighted by Crippen LogP contribution is 2.12. The third-order valence-corrected chi connectivity index (χ3v) is 3.64. The van der Waals surface area contributed by atoms with Gasteiger partial charge in [0, 0.05) is 29.4 Å². The van der Waals surface area contributed by atoms with Crippen LogP contribution >= 0.6 is 15.9 Å². The number of benzene rings is 1. The Hall–Kier alpha value is -0.930. The summed E-state index contributed by atoms with van der Waals surface area (Å²) in [6.07, 6.45) is 4.51. The quantitative estimate of drug-likeness (QED) is 0.532. The Labute approximate surface area is 123 Å². The molecule has 0 fully saturated rings. The first-order valence-electron chi connectivity index (χ1n) is 6.88. The van der Waals surface area contributed by atoms with Crippen LogP contribution in [-0.4, -0.2) is 23.5 Å². The largest absolute Gasteiger partial charge is 0.381 e. The van der Waals surface area contributed by atoms with Gasteiger partial charge in [0.2, 0.25) is 0 Å². The molecule has 2 nitrogen and oxygen atoms in total. The molecule has 0 radical (unpaired) electrons. The maximum Gasteiger partial charge on any atom is 0.0705 e. The summed E-state index contributed by atoms with van der Waals surface area (Å²) in [5.74, 6) is 0. The van der Waals surface area contributed by atoms with Crippen LogP contribution in [0.1, 0.15) is 25.0 Å². The van der Waals surface area contributed by atoms with Gasteiger partial charge in [-0.1, -0.05) is 46.6 Å². The Morgan fingerprint density at radius 1 is 0.947 bits per heavy atom. The number of hydrogen-bond donors (Lipinski definition) is 0. The standard InChI is InChI=1S/C16H20BrNO/c17-11-4-1-5-12-19-13-10-15-9-8-14-6-2-3-7-16(14)18-15/h2-3,6-9H,1,4-5,10-13H2. The van der Waals surface area contributed by atoms with Crippen molar-refractivity contribution in [3.63, 3.8) is 0 Å². The van der Waals surface area contributed by atoms with Crippen LogP contribution in [0.4, 0.5) is 0 Å². The van der Waals surface area contributed by atoms with Crippen molar-refractivity contribution in [2.24, 2.45) is 0 Å². The summed E-state index contributed by atoms with van der Waals surface area (Å²) in [5, 5.41) is 2.29. The molecule has 0 N–H and O–H groups in total. The first-order valence-corrected chi connectivity index (χ1v) is 8.00. The molecule has 102 valence electrons. The van der Waals surface area contributed by atoms with Gasteiger partial charge in [0.15, 0.2) is 0 Å². The van der Waals surface area contributed by atoms with Crippen molar-refractivity contribution in [1.29, 1.82) is 0 Å². The number of rotatable bonds is 8. The van der Waals surface area contributed by atoms with Gasteiger partial charge in [-0.2, -0.15) is 0 Å². The third-order valence-electron chi connectivity index (χ3n) is 3.08. The van der Waals surface area contributed by atoms with Gasteiger partial charge in [0.1, 0.15) is 0 Å². The molecule has 0 atom stereocenters. The second-order valence-corrected chi connectivity index (χ2v) is 5.40. The van der Waals surface area contributed by atoms with E-state index in [-0.39, 0.29) is 0 Å². The third kappa shape index (κ3) is 4.92. The molecular weight excluding hydrogens is 302 g/mol. The number of unbranched alkanes of at least 4 members (excludes halogenated alkanes) is 2. The number of nitrogens with zero attached hydrogens (tertiary/aromatic N) is 1. The molecule has 0 spiro atoms. The average Bonchev–Trinajstić information content (AvgIpc) is 2.46. The number of aromatic nitrogens is 1. The van der Waals surface area contributed by atoms with Crippen LogP contribution in [0.3, 0.4) is 0 Å². The first kappa shape index (κ1) is 14.5. The molecule has 1 heterocycles. The van der Waals surface area contributed by atoms with Gasteiger partial charge in [-0.25, -0.2) is 0 Å². The smallest absolute Gasteiger partial charge is 0.0705 e. The lowest BCUT2D eigenvalue weighted by Gasteiger charge is -2.05. The second kappa shape index (κ2) is 8.28. The fourth-order valence-corrected chi connectivity index (χ4v) is 2.40.